The van der Waals surface area contributed by atoms with Gasteiger partial charge < -0.3 is 8.94 Å². The summed E-state index contributed by atoms with van der Waals surface area (Å²) in [7, 11) is 0. The van der Waals surface area contributed by atoms with Crippen molar-refractivity contribution in [2.45, 2.75) is 0 Å². The van der Waals surface area contributed by atoms with Gasteiger partial charge in [-0.2, -0.15) is 10.1 Å². The van der Waals surface area contributed by atoms with Gasteiger partial charge in [0.2, 0.25) is 5.82 Å². The SMILES string of the molecule is S=c1nc(-c2ccco2)[nH]o1. The molecule has 0 bridgehead atoms. The van der Waals surface area contributed by atoms with Crippen LogP contribution in [0.1, 0.15) is 0 Å². The Hall–Kier alpha value is -1.36. The summed E-state index contributed by atoms with van der Waals surface area (Å²) in [5.74, 6) is 1.13. The number of hydrogen-bond donors (Lipinski definition) is 1. The first-order valence-corrected chi connectivity index (χ1v) is 3.36. The first-order chi connectivity index (χ1) is 5.36. The fourth-order valence-corrected chi connectivity index (χ4v) is 0.881. The van der Waals surface area contributed by atoms with Gasteiger partial charge in [-0.1, -0.05) is 0 Å². The van der Waals surface area contributed by atoms with Gasteiger partial charge in [0.15, 0.2) is 5.76 Å². The number of H-pyrrole nitrogens is 1. The summed E-state index contributed by atoms with van der Waals surface area (Å²) in [6.07, 6.45) is 1.56. The Kier molecular flexibility index (Phi) is 1.36. The van der Waals surface area contributed by atoms with Gasteiger partial charge in [0, 0.05) is 0 Å². The van der Waals surface area contributed by atoms with Crippen LogP contribution in [0.15, 0.2) is 27.3 Å². The van der Waals surface area contributed by atoms with Crippen molar-refractivity contribution in [3.63, 3.8) is 0 Å². The number of rotatable bonds is 1. The molecular formula is C6H4N2O2S. The van der Waals surface area contributed by atoms with Crippen molar-refractivity contribution >= 4 is 12.2 Å². The molecule has 0 radical (unpaired) electrons. The maximum Gasteiger partial charge on any atom is 0.314 e. The van der Waals surface area contributed by atoms with E-state index in [-0.39, 0.29) is 4.84 Å². The lowest BCUT2D eigenvalue weighted by Crippen LogP contribution is -1.73. The highest BCUT2D eigenvalue weighted by Crippen LogP contribution is 2.13. The van der Waals surface area contributed by atoms with E-state index < -0.39 is 0 Å². The zero-order chi connectivity index (χ0) is 7.68. The molecule has 0 atom stereocenters. The van der Waals surface area contributed by atoms with Crippen LogP contribution in [-0.4, -0.2) is 10.1 Å². The fraction of sp³-hybridized carbons (Fsp3) is 0. The Morgan fingerprint density at radius 2 is 2.45 bits per heavy atom. The average Bonchev–Trinajstić information content (AvgIpc) is 2.55. The molecule has 0 saturated heterocycles. The zero-order valence-electron chi connectivity index (χ0n) is 5.40. The lowest BCUT2D eigenvalue weighted by atomic mass is 10.4. The first kappa shape index (κ1) is 6.36. The van der Waals surface area contributed by atoms with Crippen molar-refractivity contribution in [1.29, 1.82) is 0 Å². The Labute approximate surface area is 66.8 Å². The predicted molar refractivity (Wildman–Crippen MR) is 39.4 cm³/mol. The molecule has 0 fully saturated rings. The Morgan fingerprint density at radius 3 is 3.00 bits per heavy atom. The minimum atomic E-state index is 0.177. The summed E-state index contributed by atoms with van der Waals surface area (Å²) in [5, 5.41) is 2.52. The maximum absolute atomic E-state index is 5.03. The highest BCUT2D eigenvalue weighted by Gasteiger charge is 2.03. The number of furan rings is 1. The molecule has 0 aliphatic heterocycles. The van der Waals surface area contributed by atoms with Gasteiger partial charge in [0.25, 0.3) is 0 Å². The molecule has 5 heteroatoms. The van der Waals surface area contributed by atoms with Crippen LogP contribution in [0.25, 0.3) is 11.6 Å². The molecule has 0 amide bonds. The molecule has 1 N–H and O–H groups in total. The average molecular weight is 168 g/mol. The minimum Gasteiger partial charge on any atom is -0.461 e. The van der Waals surface area contributed by atoms with Crippen molar-refractivity contribution in [3.05, 3.63) is 23.2 Å². The summed E-state index contributed by atoms with van der Waals surface area (Å²) >= 11 is 4.66. The molecule has 0 aliphatic carbocycles. The molecule has 2 heterocycles. The third-order valence-electron chi connectivity index (χ3n) is 1.19. The summed E-state index contributed by atoms with van der Waals surface area (Å²) in [5.41, 5.74) is 0. The largest absolute Gasteiger partial charge is 0.461 e. The van der Waals surface area contributed by atoms with Crippen LogP contribution in [-0.2, 0) is 0 Å². The molecule has 2 rings (SSSR count). The van der Waals surface area contributed by atoms with Gasteiger partial charge >= 0.3 is 4.84 Å². The van der Waals surface area contributed by atoms with Crippen LogP contribution in [0, 0.1) is 4.84 Å². The topological polar surface area (TPSA) is 55.0 Å². The van der Waals surface area contributed by atoms with Gasteiger partial charge in [0.1, 0.15) is 0 Å². The van der Waals surface area contributed by atoms with Crippen molar-refractivity contribution in [2.24, 2.45) is 0 Å². The number of aromatic amines is 1. The molecule has 2 aromatic heterocycles. The minimum absolute atomic E-state index is 0.177. The van der Waals surface area contributed by atoms with Gasteiger partial charge in [0.05, 0.1) is 6.26 Å². The number of nitrogens with one attached hydrogen (secondary N) is 1. The maximum atomic E-state index is 5.03. The third-order valence-corrected chi connectivity index (χ3v) is 1.37. The van der Waals surface area contributed by atoms with Gasteiger partial charge in [-0.15, -0.1) is 0 Å². The van der Waals surface area contributed by atoms with E-state index in [1.54, 1.807) is 18.4 Å². The van der Waals surface area contributed by atoms with E-state index in [9.17, 15) is 0 Å². The van der Waals surface area contributed by atoms with Gasteiger partial charge in [-0.25, -0.2) is 0 Å². The predicted octanol–water partition coefficient (Wildman–Crippen LogP) is 1.99. The number of aromatic nitrogens is 2. The zero-order valence-corrected chi connectivity index (χ0v) is 6.22. The third kappa shape index (κ3) is 1.10. The summed E-state index contributed by atoms with van der Waals surface area (Å²) in [6, 6.07) is 3.53. The number of nitrogens with zero attached hydrogens (tertiary/aromatic N) is 1. The van der Waals surface area contributed by atoms with E-state index in [1.165, 1.54) is 0 Å². The van der Waals surface area contributed by atoms with Crippen LogP contribution in [0.2, 0.25) is 0 Å². The molecule has 0 saturated carbocycles. The highest BCUT2D eigenvalue weighted by atomic mass is 32.1. The molecule has 0 aliphatic rings. The van der Waals surface area contributed by atoms with E-state index in [1.807, 2.05) is 0 Å². The normalized spacial score (nSPS) is 10.2. The molecule has 2 aromatic rings. The second-order valence-electron chi connectivity index (χ2n) is 1.91. The molecule has 4 nitrogen and oxygen atoms in total. The smallest absolute Gasteiger partial charge is 0.314 e. The lowest BCUT2D eigenvalue weighted by Gasteiger charge is -1.82. The molecule has 11 heavy (non-hydrogen) atoms. The monoisotopic (exact) mass is 168 g/mol. The van der Waals surface area contributed by atoms with Crippen molar-refractivity contribution in [1.82, 2.24) is 10.1 Å². The van der Waals surface area contributed by atoms with Crippen LogP contribution in [0.4, 0.5) is 0 Å². The Bertz CT molecular complexity index is 387. The molecular weight excluding hydrogens is 164 g/mol. The second kappa shape index (κ2) is 2.35. The molecule has 0 unspecified atom stereocenters. The molecule has 0 aromatic carbocycles. The summed E-state index contributed by atoms with van der Waals surface area (Å²) in [6.45, 7) is 0. The van der Waals surface area contributed by atoms with E-state index >= 15 is 0 Å². The highest BCUT2D eigenvalue weighted by molar-refractivity contribution is 7.71. The van der Waals surface area contributed by atoms with Crippen LogP contribution in [0.5, 0.6) is 0 Å². The van der Waals surface area contributed by atoms with Crippen molar-refractivity contribution in [3.8, 4) is 11.6 Å². The van der Waals surface area contributed by atoms with Crippen LogP contribution in [0.3, 0.4) is 0 Å². The van der Waals surface area contributed by atoms with E-state index in [2.05, 4.69) is 22.4 Å². The summed E-state index contributed by atoms with van der Waals surface area (Å²) < 4.78 is 9.74. The van der Waals surface area contributed by atoms with E-state index in [0.29, 0.717) is 11.6 Å². The van der Waals surface area contributed by atoms with E-state index in [4.69, 9.17) is 8.94 Å². The number of hydrogen-bond acceptors (Lipinski definition) is 4. The first-order valence-electron chi connectivity index (χ1n) is 2.95. The standard InChI is InChI=1S/C6H4N2O2S/c11-6-7-5(8-10-6)4-2-1-3-9-4/h1-3H,(H,7,8,11). The van der Waals surface area contributed by atoms with Gasteiger partial charge in [-0.3, -0.25) is 0 Å². The Balaban J connectivity index is 2.53. The lowest BCUT2D eigenvalue weighted by molar-refractivity contribution is 0.404. The molecule has 56 valence electrons. The van der Waals surface area contributed by atoms with Crippen LogP contribution >= 0.6 is 12.2 Å². The van der Waals surface area contributed by atoms with Gasteiger partial charge in [-0.05, 0) is 24.4 Å². The van der Waals surface area contributed by atoms with E-state index in [0.717, 1.165) is 0 Å². The van der Waals surface area contributed by atoms with Crippen molar-refractivity contribution < 1.29 is 8.94 Å². The van der Waals surface area contributed by atoms with Crippen LogP contribution < -0.4 is 0 Å². The molecule has 0 spiro atoms. The quantitative estimate of drug-likeness (QED) is 0.661. The second-order valence-corrected chi connectivity index (χ2v) is 2.26. The summed E-state index contributed by atoms with van der Waals surface area (Å²) in [4.78, 5) is 4.03. The Morgan fingerprint density at radius 1 is 1.55 bits per heavy atom. The fourth-order valence-electron chi connectivity index (χ4n) is 0.748. The van der Waals surface area contributed by atoms with Crippen molar-refractivity contribution in [2.75, 3.05) is 0 Å².